The molecule has 2 unspecified atom stereocenters. The van der Waals surface area contributed by atoms with Gasteiger partial charge in [-0.15, -0.1) is 4.73 Å². The van der Waals surface area contributed by atoms with Crippen molar-refractivity contribution in [2.75, 3.05) is 25.6 Å². The molecule has 30 heavy (non-hydrogen) atoms. The second-order valence-electron chi connectivity index (χ2n) is 6.46. The zero-order chi connectivity index (χ0) is 21.4. The zero-order valence-electron chi connectivity index (χ0n) is 17.2. The molecule has 2 N–H and O–H groups in total. The highest BCUT2D eigenvalue weighted by Crippen LogP contribution is 2.49. The van der Waals surface area contributed by atoms with E-state index in [9.17, 15) is 4.57 Å². The highest BCUT2D eigenvalue weighted by Gasteiger charge is 2.23. The van der Waals surface area contributed by atoms with Gasteiger partial charge in [-0.3, -0.25) is 4.57 Å². The molecule has 166 valence electrons. The first-order valence-corrected chi connectivity index (χ1v) is 11.6. The topological polar surface area (TPSA) is 133 Å². The Labute approximate surface area is 175 Å². The summed E-state index contributed by atoms with van der Waals surface area (Å²) in [6.07, 6.45) is 6.33. The van der Waals surface area contributed by atoms with Crippen LogP contribution in [0.4, 0.5) is 5.82 Å². The van der Waals surface area contributed by atoms with Crippen LogP contribution in [0.3, 0.4) is 0 Å². The number of imidazole rings is 1. The fraction of sp³-hybridized carbons (Fsp3) is 0.611. The minimum absolute atomic E-state index is 0.254. The van der Waals surface area contributed by atoms with Gasteiger partial charge in [-0.05, 0) is 33.1 Å². The molecule has 11 nitrogen and oxygen atoms in total. The van der Waals surface area contributed by atoms with Crippen LogP contribution in [-0.4, -0.2) is 52.1 Å². The smallest absolute Gasteiger partial charge is 0.353 e. The number of nitrogens with two attached hydrogens (primary N) is 1. The second-order valence-corrected chi connectivity index (χ2v) is 8.36. The fourth-order valence-corrected chi connectivity index (χ4v) is 4.28. The van der Waals surface area contributed by atoms with Gasteiger partial charge in [0.05, 0.1) is 13.2 Å². The van der Waals surface area contributed by atoms with E-state index in [1.165, 1.54) is 23.2 Å². The maximum atomic E-state index is 12.6. The molecule has 0 aromatic carbocycles. The van der Waals surface area contributed by atoms with Gasteiger partial charge in [0.15, 0.2) is 17.6 Å². The van der Waals surface area contributed by atoms with Gasteiger partial charge in [-0.2, -0.15) is 0 Å². The van der Waals surface area contributed by atoms with Crippen molar-refractivity contribution in [3.63, 3.8) is 0 Å². The number of ether oxygens (including phenoxy) is 2. The van der Waals surface area contributed by atoms with Crippen LogP contribution in [0.5, 0.6) is 0 Å². The van der Waals surface area contributed by atoms with Gasteiger partial charge < -0.3 is 29.1 Å². The van der Waals surface area contributed by atoms with Gasteiger partial charge >= 0.3 is 7.60 Å². The average molecular weight is 441 g/mol. The summed E-state index contributed by atoms with van der Waals surface area (Å²) in [5.74, 6) is 1.68. The van der Waals surface area contributed by atoms with E-state index in [1.54, 1.807) is 19.9 Å². The summed E-state index contributed by atoms with van der Waals surface area (Å²) in [6, 6.07) is 0. The Morgan fingerprint density at radius 2 is 2.10 bits per heavy atom. The van der Waals surface area contributed by atoms with Crippen LogP contribution in [0.15, 0.2) is 24.5 Å². The molecule has 0 aliphatic carbocycles. The number of nitrogens with zero attached hydrogens (tertiary/aromatic N) is 4. The zero-order valence-corrected chi connectivity index (χ0v) is 18.1. The van der Waals surface area contributed by atoms with Crippen LogP contribution in [-0.2, 0) is 23.1 Å². The molecule has 12 heteroatoms. The number of hydrogen-bond donors (Lipinski definition) is 1. The lowest BCUT2D eigenvalue weighted by Gasteiger charge is -2.27. The molecule has 0 spiro atoms. The van der Waals surface area contributed by atoms with E-state index in [0.717, 1.165) is 19.3 Å². The molecule has 1 aliphatic heterocycles. The molecule has 1 saturated heterocycles. The summed E-state index contributed by atoms with van der Waals surface area (Å²) in [6.45, 7) is 4.69. The Morgan fingerprint density at radius 3 is 2.80 bits per heavy atom. The van der Waals surface area contributed by atoms with Crippen molar-refractivity contribution in [3.8, 4) is 0 Å². The number of fused-ring (bicyclic) bond motifs is 1. The first kappa shape index (κ1) is 22.6. The lowest BCUT2D eigenvalue weighted by molar-refractivity contribution is -0.253. The van der Waals surface area contributed by atoms with Crippen molar-refractivity contribution in [2.45, 2.75) is 52.1 Å². The van der Waals surface area contributed by atoms with Crippen LogP contribution >= 0.6 is 7.60 Å². The summed E-state index contributed by atoms with van der Waals surface area (Å²) in [4.78, 5) is 18.2. The van der Waals surface area contributed by atoms with E-state index in [1.807, 2.05) is 0 Å². The molecule has 0 radical (unpaired) electrons. The van der Waals surface area contributed by atoms with Crippen LogP contribution in [0, 0.1) is 0 Å². The predicted octanol–water partition coefficient (Wildman–Crippen LogP) is 2.88. The second kappa shape index (κ2) is 10.8. The molecular formula is C18H28N5O6P. The van der Waals surface area contributed by atoms with Crippen molar-refractivity contribution >= 4 is 24.6 Å². The van der Waals surface area contributed by atoms with Gasteiger partial charge in [-0.25, -0.2) is 15.0 Å². The normalized spacial score (nSPS) is 18.8. The number of rotatable bonds is 11. The highest BCUT2D eigenvalue weighted by atomic mass is 31.2. The predicted molar refractivity (Wildman–Crippen MR) is 109 cm³/mol. The molecule has 0 bridgehead atoms. The molecule has 1 aliphatic rings. The molecule has 3 heterocycles. The number of anilines is 1. The van der Waals surface area contributed by atoms with E-state index in [-0.39, 0.29) is 25.5 Å². The largest absolute Gasteiger partial charge is 0.382 e. The molecule has 2 aromatic heterocycles. The van der Waals surface area contributed by atoms with Crippen LogP contribution in [0.25, 0.3) is 11.2 Å². The van der Waals surface area contributed by atoms with Gasteiger partial charge in [0.25, 0.3) is 0 Å². The van der Waals surface area contributed by atoms with Gasteiger partial charge in [0.2, 0.25) is 11.9 Å². The third-order valence-electron chi connectivity index (χ3n) is 4.24. The van der Waals surface area contributed by atoms with Crippen molar-refractivity contribution in [1.82, 2.24) is 19.7 Å². The van der Waals surface area contributed by atoms with Crippen molar-refractivity contribution in [1.29, 1.82) is 0 Å². The monoisotopic (exact) mass is 441 g/mol. The van der Waals surface area contributed by atoms with Gasteiger partial charge in [-0.1, -0.05) is 6.08 Å². The van der Waals surface area contributed by atoms with E-state index in [2.05, 4.69) is 15.0 Å². The number of hydrogen-bond acceptors (Lipinski definition) is 10. The minimum Gasteiger partial charge on any atom is -0.382 e. The summed E-state index contributed by atoms with van der Waals surface area (Å²) in [5.41, 5.74) is 6.68. The highest BCUT2D eigenvalue weighted by molar-refractivity contribution is 7.57. The molecule has 3 rings (SSSR count). The van der Waals surface area contributed by atoms with Gasteiger partial charge in [0.1, 0.15) is 12.7 Å². The first-order valence-electron chi connectivity index (χ1n) is 9.99. The third kappa shape index (κ3) is 5.99. The Morgan fingerprint density at radius 1 is 1.30 bits per heavy atom. The Hall–Kier alpha value is -2.04. The van der Waals surface area contributed by atoms with E-state index >= 15 is 0 Å². The fourth-order valence-electron chi connectivity index (χ4n) is 2.93. The van der Waals surface area contributed by atoms with Crippen molar-refractivity contribution in [3.05, 3.63) is 24.5 Å². The Kier molecular flexibility index (Phi) is 8.17. The van der Waals surface area contributed by atoms with E-state index < -0.39 is 20.2 Å². The molecule has 2 aromatic rings. The maximum absolute atomic E-state index is 12.6. The minimum atomic E-state index is -3.31. The summed E-state index contributed by atoms with van der Waals surface area (Å²) < 4.78 is 36.2. The third-order valence-corrected chi connectivity index (χ3v) is 6.05. The van der Waals surface area contributed by atoms with Crippen LogP contribution in [0.2, 0.25) is 0 Å². The first-order chi connectivity index (χ1) is 14.5. The van der Waals surface area contributed by atoms with E-state index in [0.29, 0.717) is 17.8 Å². The molecular weight excluding hydrogens is 413 g/mol. The summed E-state index contributed by atoms with van der Waals surface area (Å²) in [5, 5.41) is 0. The van der Waals surface area contributed by atoms with Crippen molar-refractivity contribution in [2.24, 2.45) is 0 Å². The summed E-state index contributed by atoms with van der Waals surface area (Å²) in [7, 11) is -3.31. The quantitative estimate of drug-likeness (QED) is 0.410. The maximum Gasteiger partial charge on any atom is 0.353 e. The number of aromatic nitrogens is 4. The summed E-state index contributed by atoms with van der Waals surface area (Å²) >= 11 is 0. The van der Waals surface area contributed by atoms with E-state index in [4.69, 9.17) is 29.1 Å². The molecule has 0 saturated carbocycles. The molecule has 0 amide bonds. The van der Waals surface area contributed by atoms with Crippen LogP contribution in [0.1, 0.15) is 39.5 Å². The van der Waals surface area contributed by atoms with Crippen LogP contribution < -0.4 is 10.6 Å². The standard InChI is InChI=1S/C18H28N5O6P/c1-3-26-30(24,27-4-2)11-7-9-15(28-14-8-5-6-10-25-14)29-23-13-22-16-17(19)20-12-21-18(16)23/h7,11-15H,3-6,8-10H2,1-2H3,(H2,19,20,21). The molecule has 2 atom stereocenters. The Balaban J connectivity index is 1.74. The van der Waals surface area contributed by atoms with Gasteiger partial charge in [0, 0.05) is 18.8 Å². The average Bonchev–Trinajstić information content (AvgIpc) is 3.13. The Bertz CT molecular complexity index is 875. The SMILES string of the molecule is CCOP(=O)(C=CCC(OC1CCCCO1)On1cnc2c(N)ncnc21)OCC. The lowest BCUT2D eigenvalue weighted by Crippen LogP contribution is -2.34. The molecule has 1 fully saturated rings. The lowest BCUT2D eigenvalue weighted by atomic mass is 10.2. The number of nitrogen functional groups attached to an aromatic ring is 1. The van der Waals surface area contributed by atoms with Crippen molar-refractivity contribution < 1.29 is 27.9 Å².